The molecule has 18 heavy (non-hydrogen) atoms. The molecule has 0 aliphatic rings. The number of carbonyl (C=O) groups is 1. The summed E-state index contributed by atoms with van der Waals surface area (Å²) >= 11 is 0. The first-order valence-electron chi connectivity index (χ1n) is 5.57. The van der Waals surface area contributed by atoms with Crippen molar-refractivity contribution in [2.24, 2.45) is 4.99 Å². The summed E-state index contributed by atoms with van der Waals surface area (Å²) < 4.78 is 16.3. The van der Waals surface area contributed by atoms with Gasteiger partial charge in [-0.25, -0.2) is 0 Å². The number of carboxylic acids is 1. The van der Waals surface area contributed by atoms with Crippen LogP contribution in [0.1, 0.15) is 19.3 Å². The van der Waals surface area contributed by atoms with E-state index in [0.29, 0.717) is 50.5 Å². The van der Waals surface area contributed by atoms with Crippen LogP contribution in [0.4, 0.5) is 0 Å². The van der Waals surface area contributed by atoms with Crippen molar-refractivity contribution in [3.05, 3.63) is 0 Å². The van der Waals surface area contributed by atoms with Crippen molar-refractivity contribution < 1.29 is 27.4 Å². The van der Waals surface area contributed by atoms with E-state index in [1.807, 2.05) is 0 Å². The van der Waals surface area contributed by atoms with E-state index in [4.69, 9.17) is 17.5 Å². The normalized spacial score (nSPS) is 15.9. The molecule has 0 saturated heterocycles. The van der Waals surface area contributed by atoms with Gasteiger partial charge in [-0.1, -0.05) is 0 Å². The molecule has 0 saturated carbocycles. The van der Waals surface area contributed by atoms with Crippen molar-refractivity contribution in [2.45, 2.75) is 25.3 Å². The van der Waals surface area contributed by atoms with Gasteiger partial charge in [0, 0.05) is 19.0 Å². The molecule has 0 spiro atoms. The number of nitrogens with zero attached hydrogens (tertiary/aromatic N) is 1. The lowest BCUT2D eigenvalue weighted by Gasteiger charge is -2.26. The molecule has 0 fully saturated rings. The molecule has 0 amide bonds. The number of aliphatic carboxylic acids is 1. The van der Waals surface area contributed by atoms with Crippen molar-refractivity contribution in [3.63, 3.8) is 0 Å². The van der Waals surface area contributed by atoms with Gasteiger partial charge in [0.05, 0.1) is 0 Å². The average Bonchev–Trinajstić information content (AvgIpc) is 2.37. The van der Waals surface area contributed by atoms with Gasteiger partial charge in [-0.15, -0.1) is 0 Å². The maximum Gasteiger partial charge on any atom is 0.467 e. The fourth-order valence-corrected chi connectivity index (χ4v) is 10.9. The average molecular weight is 327 g/mol. The van der Waals surface area contributed by atoms with Crippen molar-refractivity contribution in [3.8, 4) is 0 Å². The van der Waals surface area contributed by atoms with E-state index in [9.17, 15) is 9.90 Å². The number of carboxylic acid groups (broad SMARTS) is 1. The Morgan fingerprint density at radius 1 is 1.22 bits per heavy atom. The minimum absolute atomic E-state index is 0.0382. The van der Waals surface area contributed by atoms with E-state index >= 15 is 0 Å². The standard InChI is InChI=1S/C7H21NO6Si4/c9-6(2-3-7(10)11)8-4-1-5-18(12-15,13-16)14-17/h1-5H2,15-17H3,(H,8,9)(H,10,11)/p-1. The van der Waals surface area contributed by atoms with Gasteiger partial charge in [0.15, 0.2) is 0 Å². The number of rotatable bonds is 10. The fourth-order valence-electron chi connectivity index (χ4n) is 1.35. The molecule has 7 nitrogen and oxygen atoms in total. The summed E-state index contributed by atoms with van der Waals surface area (Å²) in [5.41, 5.74) is 0. The Bertz CT molecular complexity index is 277. The van der Waals surface area contributed by atoms with Crippen molar-refractivity contribution in [1.82, 2.24) is 0 Å². The van der Waals surface area contributed by atoms with Gasteiger partial charge in [0.2, 0.25) is 0 Å². The second-order valence-corrected chi connectivity index (χ2v) is 10.3. The Kier molecular flexibility index (Phi) is 9.43. The minimum atomic E-state index is -2.41. The summed E-state index contributed by atoms with van der Waals surface area (Å²) in [5, 5.41) is 19.6. The van der Waals surface area contributed by atoms with E-state index in [-0.39, 0.29) is 18.7 Å². The van der Waals surface area contributed by atoms with Gasteiger partial charge in [-0.05, 0) is 18.7 Å². The summed E-state index contributed by atoms with van der Waals surface area (Å²) in [4.78, 5) is 14.0. The van der Waals surface area contributed by atoms with Gasteiger partial charge < -0.3 is 27.6 Å². The molecule has 0 atom stereocenters. The number of hydrogen-bond donors (Lipinski definition) is 1. The first-order valence-corrected chi connectivity index (χ1v) is 9.95. The molecule has 0 aromatic rings. The van der Waals surface area contributed by atoms with Crippen LogP contribution in [0.25, 0.3) is 0 Å². The SMILES string of the molecule is O=C(O)CCC([O-])=NCCC[Si](O[SiH3])(O[SiH3])O[SiH3]. The van der Waals surface area contributed by atoms with Crippen LogP contribution in [-0.2, 0) is 17.1 Å². The molecule has 11 heteroatoms. The maximum absolute atomic E-state index is 11.2. The molecule has 0 aliphatic carbocycles. The van der Waals surface area contributed by atoms with E-state index in [1.165, 1.54) is 0 Å². The van der Waals surface area contributed by atoms with Crippen LogP contribution in [0, 0.1) is 0 Å². The summed E-state index contributed by atoms with van der Waals surface area (Å²) in [6, 6.07) is 0.666. The number of hydrogen-bond acceptors (Lipinski definition) is 6. The van der Waals surface area contributed by atoms with Gasteiger partial charge in [-0.2, -0.15) is 0 Å². The van der Waals surface area contributed by atoms with Crippen molar-refractivity contribution in [1.29, 1.82) is 0 Å². The third-order valence-corrected chi connectivity index (χ3v) is 10.8. The second kappa shape index (κ2) is 9.60. The smallest absolute Gasteiger partial charge is 0.467 e. The Labute approximate surface area is 117 Å². The van der Waals surface area contributed by atoms with Crippen LogP contribution in [0.5, 0.6) is 0 Å². The van der Waals surface area contributed by atoms with Crippen molar-refractivity contribution in [2.75, 3.05) is 6.54 Å². The highest BCUT2D eigenvalue weighted by atomic mass is 28.5. The van der Waals surface area contributed by atoms with E-state index in [1.54, 1.807) is 0 Å². The lowest BCUT2D eigenvalue weighted by Crippen LogP contribution is -2.44. The predicted molar refractivity (Wildman–Crippen MR) is 77.4 cm³/mol. The Morgan fingerprint density at radius 2 is 1.78 bits per heavy atom. The zero-order valence-corrected chi connectivity index (χ0v) is 18.0. The highest BCUT2D eigenvalue weighted by Gasteiger charge is 2.34. The highest BCUT2D eigenvalue weighted by Crippen LogP contribution is 2.13. The zero-order valence-electron chi connectivity index (χ0n) is 11.0. The summed E-state index contributed by atoms with van der Waals surface area (Å²) in [7, 11) is -0.688. The molecular formula is C7H20NO6Si4-. The minimum Gasteiger partial charge on any atom is -0.862 e. The molecule has 0 aromatic carbocycles. The summed E-state index contributed by atoms with van der Waals surface area (Å²) in [6.07, 6.45) is 0.458. The fraction of sp³-hybridized carbons (Fsp3) is 0.714. The Morgan fingerprint density at radius 3 is 2.22 bits per heavy atom. The Balaban J connectivity index is 3.96. The van der Waals surface area contributed by atoms with E-state index < -0.39 is 14.8 Å². The third kappa shape index (κ3) is 7.20. The second-order valence-electron chi connectivity index (χ2n) is 3.57. The molecule has 0 heterocycles. The zero-order chi connectivity index (χ0) is 14.0. The topological polar surface area (TPSA) is 100 Å². The molecule has 0 unspecified atom stereocenters. The monoisotopic (exact) mass is 326 g/mol. The molecule has 106 valence electrons. The molecule has 0 rings (SSSR count). The van der Waals surface area contributed by atoms with Crippen molar-refractivity contribution >= 4 is 52.1 Å². The van der Waals surface area contributed by atoms with Crippen LogP contribution in [0.3, 0.4) is 0 Å². The first-order chi connectivity index (χ1) is 8.49. The van der Waals surface area contributed by atoms with E-state index in [0.717, 1.165) is 0 Å². The molecule has 0 aromatic heterocycles. The van der Waals surface area contributed by atoms with Crippen LogP contribution in [-0.4, -0.2) is 63.8 Å². The highest BCUT2D eigenvalue weighted by molar-refractivity contribution is 6.69. The predicted octanol–water partition coefficient (Wildman–Crippen LogP) is -4.17. The lowest BCUT2D eigenvalue weighted by molar-refractivity contribution is -0.219. The van der Waals surface area contributed by atoms with Crippen LogP contribution in [0.2, 0.25) is 6.04 Å². The molecule has 1 N–H and O–H groups in total. The van der Waals surface area contributed by atoms with Crippen LogP contribution in [0.15, 0.2) is 4.99 Å². The quantitative estimate of drug-likeness (QED) is 0.189. The van der Waals surface area contributed by atoms with Crippen LogP contribution >= 0.6 is 0 Å². The summed E-state index contributed by atoms with van der Waals surface area (Å²) in [6.45, 7) is 0.369. The molecular weight excluding hydrogens is 306 g/mol. The number of aliphatic imine (C=N–C) groups is 1. The molecule has 0 radical (unpaired) electrons. The molecule has 0 bridgehead atoms. The molecule has 0 aliphatic heterocycles. The third-order valence-electron chi connectivity index (χ3n) is 2.41. The van der Waals surface area contributed by atoms with E-state index in [2.05, 4.69) is 4.99 Å². The first kappa shape index (κ1) is 17.7. The largest absolute Gasteiger partial charge is 0.862 e. The Hall–Kier alpha value is -0.312. The van der Waals surface area contributed by atoms with Gasteiger partial charge in [-0.3, -0.25) is 4.79 Å². The van der Waals surface area contributed by atoms with Gasteiger partial charge in [0.1, 0.15) is 31.5 Å². The maximum atomic E-state index is 11.2. The van der Waals surface area contributed by atoms with Gasteiger partial charge >= 0.3 is 14.8 Å². The summed E-state index contributed by atoms with van der Waals surface area (Å²) in [5.74, 6) is -1.35. The lowest BCUT2D eigenvalue weighted by atomic mass is 10.3. The van der Waals surface area contributed by atoms with Gasteiger partial charge in [0.25, 0.3) is 0 Å². The van der Waals surface area contributed by atoms with Crippen LogP contribution < -0.4 is 5.11 Å².